The molecule has 1 spiro atoms. The van der Waals surface area contributed by atoms with Gasteiger partial charge in [0.15, 0.2) is 5.79 Å². The second kappa shape index (κ2) is 8.31. The summed E-state index contributed by atoms with van der Waals surface area (Å²) in [5, 5.41) is 0. The van der Waals surface area contributed by atoms with Crippen molar-refractivity contribution in [1.82, 2.24) is 4.31 Å². The van der Waals surface area contributed by atoms with Crippen LogP contribution in [0.25, 0.3) is 0 Å². The average Bonchev–Trinajstić information content (AvgIpc) is 3.18. The van der Waals surface area contributed by atoms with Crippen molar-refractivity contribution in [1.29, 1.82) is 0 Å². The Morgan fingerprint density at radius 2 is 1.41 bits per heavy atom. The van der Waals surface area contributed by atoms with E-state index in [-0.39, 0.29) is 4.90 Å². The van der Waals surface area contributed by atoms with Gasteiger partial charge in [-0.25, -0.2) is 8.42 Å². The van der Waals surface area contributed by atoms with Crippen molar-refractivity contribution in [2.24, 2.45) is 0 Å². The SMILES string of the molecule is CCOc1ccc(Oc2ccc(S(=O)(=O)N3CCC4(CC3)OCCO4)cc2)cc1. The van der Waals surface area contributed by atoms with Gasteiger partial charge in [-0.2, -0.15) is 4.31 Å². The zero-order chi connectivity index (χ0) is 20.3. The highest BCUT2D eigenvalue weighted by atomic mass is 32.2. The van der Waals surface area contributed by atoms with E-state index >= 15 is 0 Å². The van der Waals surface area contributed by atoms with E-state index in [0.717, 1.165) is 5.75 Å². The summed E-state index contributed by atoms with van der Waals surface area (Å²) in [4.78, 5) is 0.251. The number of ether oxygens (including phenoxy) is 4. The molecule has 0 radical (unpaired) electrons. The lowest BCUT2D eigenvalue weighted by atomic mass is 10.1. The molecule has 0 amide bonds. The molecule has 29 heavy (non-hydrogen) atoms. The summed E-state index contributed by atoms with van der Waals surface area (Å²) < 4.78 is 49.9. The van der Waals surface area contributed by atoms with E-state index in [1.54, 1.807) is 24.3 Å². The maximum atomic E-state index is 12.9. The van der Waals surface area contributed by atoms with Crippen LogP contribution in [0.4, 0.5) is 0 Å². The maximum Gasteiger partial charge on any atom is 0.243 e. The molecule has 7 nitrogen and oxygen atoms in total. The second-order valence-corrected chi connectivity index (χ2v) is 8.93. The fourth-order valence-corrected chi connectivity index (χ4v) is 5.03. The van der Waals surface area contributed by atoms with Crippen molar-refractivity contribution in [3.8, 4) is 17.2 Å². The van der Waals surface area contributed by atoms with Crippen LogP contribution < -0.4 is 9.47 Å². The third kappa shape index (κ3) is 4.40. The van der Waals surface area contributed by atoms with Crippen LogP contribution in [0.15, 0.2) is 53.4 Å². The Bertz CT molecular complexity index is 911. The first-order valence-electron chi connectivity index (χ1n) is 9.80. The summed E-state index contributed by atoms with van der Waals surface area (Å²) in [6.07, 6.45) is 1.09. The molecule has 0 N–H and O–H groups in total. The zero-order valence-electron chi connectivity index (χ0n) is 16.4. The minimum atomic E-state index is -3.56. The maximum absolute atomic E-state index is 12.9. The fraction of sp³-hybridized carbons (Fsp3) is 0.429. The Morgan fingerprint density at radius 1 is 0.897 bits per heavy atom. The second-order valence-electron chi connectivity index (χ2n) is 6.99. The number of piperidine rings is 1. The average molecular weight is 419 g/mol. The molecule has 0 unspecified atom stereocenters. The summed E-state index contributed by atoms with van der Waals surface area (Å²) in [5.74, 6) is 1.40. The van der Waals surface area contributed by atoms with Crippen molar-refractivity contribution in [2.75, 3.05) is 32.9 Å². The number of hydrogen-bond acceptors (Lipinski definition) is 6. The van der Waals surface area contributed by atoms with Crippen LogP contribution in [0.3, 0.4) is 0 Å². The van der Waals surface area contributed by atoms with E-state index in [2.05, 4.69) is 0 Å². The molecule has 156 valence electrons. The third-order valence-electron chi connectivity index (χ3n) is 5.13. The molecule has 0 saturated carbocycles. The van der Waals surface area contributed by atoms with Gasteiger partial charge in [-0.1, -0.05) is 0 Å². The molecule has 0 bridgehead atoms. The van der Waals surface area contributed by atoms with Crippen LogP contribution in [0.2, 0.25) is 0 Å². The minimum absolute atomic E-state index is 0.251. The first-order valence-corrected chi connectivity index (χ1v) is 11.2. The van der Waals surface area contributed by atoms with Crippen LogP contribution in [-0.4, -0.2) is 51.4 Å². The van der Waals surface area contributed by atoms with Gasteiger partial charge < -0.3 is 18.9 Å². The molecule has 2 saturated heterocycles. The molecule has 0 aromatic heterocycles. The normalized spacial score (nSPS) is 19.3. The van der Waals surface area contributed by atoms with Gasteiger partial charge in [-0.05, 0) is 55.5 Å². The van der Waals surface area contributed by atoms with Gasteiger partial charge in [0.2, 0.25) is 10.0 Å². The monoisotopic (exact) mass is 419 g/mol. The van der Waals surface area contributed by atoms with E-state index in [0.29, 0.717) is 57.3 Å². The highest BCUT2D eigenvalue weighted by Crippen LogP contribution is 2.34. The van der Waals surface area contributed by atoms with Gasteiger partial charge in [0.25, 0.3) is 0 Å². The minimum Gasteiger partial charge on any atom is -0.494 e. The number of nitrogens with zero attached hydrogens (tertiary/aromatic N) is 1. The first-order chi connectivity index (χ1) is 14.0. The lowest BCUT2D eigenvalue weighted by molar-refractivity contribution is -0.179. The van der Waals surface area contributed by atoms with E-state index in [1.807, 2.05) is 31.2 Å². The van der Waals surface area contributed by atoms with Crippen LogP contribution in [0.1, 0.15) is 19.8 Å². The first kappa shape index (κ1) is 20.2. The molecule has 2 aromatic rings. The highest BCUT2D eigenvalue weighted by molar-refractivity contribution is 7.89. The predicted molar refractivity (Wildman–Crippen MR) is 107 cm³/mol. The molecular weight excluding hydrogens is 394 g/mol. The number of rotatable bonds is 6. The Hall–Kier alpha value is -2.13. The van der Waals surface area contributed by atoms with Crippen LogP contribution >= 0.6 is 0 Å². The molecular formula is C21H25NO6S. The lowest BCUT2D eigenvalue weighted by Crippen LogP contribution is -2.47. The van der Waals surface area contributed by atoms with Crippen LogP contribution in [0, 0.1) is 0 Å². The molecule has 2 aromatic carbocycles. The Balaban J connectivity index is 1.40. The van der Waals surface area contributed by atoms with Gasteiger partial charge in [0, 0.05) is 25.9 Å². The molecule has 2 aliphatic rings. The van der Waals surface area contributed by atoms with Crippen LogP contribution in [-0.2, 0) is 19.5 Å². The lowest BCUT2D eigenvalue weighted by Gasteiger charge is -2.36. The quantitative estimate of drug-likeness (QED) is 0.714. The number of sulfonamides is 1. The highest BCUT2D eigenvalue weighted by Gasteiger charge is 2.42. The van der Waals surface area contributed by atoms with Gasteiger partial charge in [-0.15, -0.1) is 0 Å². The van der Waals surface area contributed by atoms with E-state index in [4.69, 9.17) is 18.9 Å². The summed E-state index contributed by atoms with van der Waals surface area (Å²) in [5.41, 5.74) is 0. The topological polar surface area (TPSA) is 74.3 Å². The predicted octanol–water partition coefficient (Wildman–Crippen LogP) is 3.41. The van der Waals surface area contributed by atoms with E-state index < -0.39 is 15.8 Å². The van der Waals surface area contributed by atoms with Gasteiger partial charge >= 0.3 is 0 Å². The largest absolute Gasteiger partial charge is 0.494 e. The molecule has 0 atom stereocenters. The fourth-order valence-electron chi connectivity index (χ4n) is 3.59. The van der Waals surface area contributed by atoms with Crippen LogP contribution in [0.5, 0.6) is 17.2 Å². The summed E-state index contributed by atoms with van der Waals surface area (Å²) in [7, 11) is -3.56. The Kier molecular flexibility index (Phi) is 5.78. The van der Waals surface area contributed by atoms with Gasteiger partial charge in [-0.3, -0.25) is 0 Å². The smallest absolute Gasteiger partial charge is 0.243 e. The van der Waals surface area contributed by atoms with Crippen molar-refractivity contribution in [3.63, 3.8) is 0 Å². The zero-order valence-corrected chi connectivity index (χ0v) is 17.2. The third-order valence-corrected chi connectivity index (χ3v) is 7.04. The van der Waals surface area contributed by atoms with Gasteiger partial charge in [0.05, 0.1) is 24.7 Å². The summed E-state index contributed by atoms with van der Waals surface area (Å²) >= 11 is 0. The van der Waals surface area contributed by atoms with Crippen molar-refractivity contribution >= 4 is 10.0 Å². The van der Waals surface area contributed by atoms with E-state index in [9.17, 15) is 8.42 Å². The molecule has 2 aliphatic heterocycles. The summed E-state index contributed by atoms with van der Waals surface area (Å²) in [6, 6.07) is 13.8. The number of benzene rings is 2. The summed E-state index contributed by atoms with van der Waals surface area (Å²) in [6.45, 7) is 4.44. The van der Waals surface area contributed by atoms with Crippen molar-refractivity contribution < 1.29 is 27.4 Å². The van der Waals surface area contributed by atoms with Crippen molar-refractivity contribution in [2.45, 2.75) is 30.4 Å². The molecule has 2 heterocycles. The molecule has 0 aliphatic carbocycles. The van der Waals surface area contributed by atoms with Crippen molar-refractivity contribution in [3.05, 3.63) is 48.5 Å². The molecule has 8 heteroatoms. The number of hydrogen-bond donors (Lipinski definition) is 0. The van der Waals surface area contributed by atoms with Gasteiger partial charge in [0.1, 0.15) is 17.2 Å². The molecule has 2 fully saturated rings. The van der Waals surface area contributed by atoms with E-state index in [1.165, 1.54) is 4.31 Å². The Morgan fingerprint density at radius 3 is 1.97 bits per heavy atom. The molecule has 4 rings (SSSR count). The standard InChI is InChI=1S/C21H25NO6S/c1-2-25-17-3-5-18(6-4-17)28-19-7-9-20(10-8-19)29(23,24)22-13-11-21(12-14-22)26-15-16-27-21/h3-10H,2,11-16H2,1H3. The Labute approximate surface area is 171 Å².